The van der Waals surface area contributed by atoms with Crippen molar-refractivity contribution in [3.8, 4) is 0 Å². The van der Waals surface area contributed by atoms with E-state index < -0.39 is 0 Å². The monoisotopic (exact) mass is 295 g/mol. The summed E-state index contributed by atoms with van der Waals surface area (Å²) in [5, 5.41) is 3.47. The minimum atomic E-state index is -0.378. The van der Waals surface area contributed by atoms with Crippen LogP contribution in [-0.4, -0.2) is 6.04 Å². The molecule has 1 atom stereocenters. The largest absolute Gasteiger partial charge is 0.307 e. The molecule has 0 bridgehead atoms. The third-order valence-corrected chi connectivity index (χ3v) is 4.86. The maximum Gasteiger partial charge on any atom is 0.128 e. The van der Waals surface area contributed by atoms with Crippen molar-refractivity contribution in [1.29, 1.82) is 0 Å². The van der Waals surface area contributed by atoms with Crippen molar-refractivity contribution in [2.24, 2.45) is 11.3 Å². The van der Waals surface area contributed by atoms with Crippen molar-refractivity contribution in [2.45, 2.75) is 65.5 Å². The molecule has 1 unspecified atom stereocenters. The van der Waals surface area contributed by atoms with Crippen molar-refractivity contribution < 1.29 is 8.78 Å². The number of halogens is 2. The first-order valence-corrected chi connectivity index (χ1v) is 7.98. The van der Waals surface area contributed by atoms with Crippen molar-refractivity contribution in [3.05, 3.63) is 35.4 Å². The Morgan fingerprint density at radius 3 is 2.29 bits per heavy atom. The average Bonchev–Trinajstić information content (AvgIpc) is 2.41. The van der Waals surface area contributed by atoms with Gasteiger partial charge in [0, 0.05) is 17.6 Å². The fourth-order valence-electron chi connectivity index (χ4n) is 3.42. The molecular weight excluding hydrogens is 268 g/mol. The molecule has 0 radical (unpaired) electrons. The van der Waals surface area contributed by atoms with Crippen LogP contribution in [0.15, 0.2) is 18.2 Å². The summed E-state index contributed by atoms with van der Waals surface area (Å²) in [5.74, 6) is 0.0491. The summed E-state index contributed by atoms with van der Waals surface area (Å²) in [4.78, 5) is 0. The Morgan fingerprint density at radius 2 is 1.71 bits per heavy atom. The molecule has 2 rings (SSSR count). The van der Waals surface area contributed by atoms with Crippen LogP contribution in [0.2, 0.25) is 0 Å². The molecular formula is C18H27F2N. The first kappa shape index (κ1) is 16.4. The minimum absolute atomic E-state index is 0.156. The third kappa shape index (κ3) is 4.26. The SMILES string of the molecule is CC(NC1CCC(C(C)(C)C)CC1)c1cc(F)ccc1F. The Morgan fingerprint density at radius 1 is 1.10 bits per heavy atom. The number of hydrogen-bond donors (Lipinski definition) is 1. The van der Waals surface area contributed by atoms with E-state index in [4.69, 9.17) is 0 Å². The Labute approximate surface area is 127 Å². The Bertz CT molecular complexity index is 471. The number of rotatable bonds is 3. The Balaban J connectivity index is 1.93. The van der Waals surface area contributed by atoms with Crippen molar-refractivity contribution >= 4 is 0 Å². The van der Waals surface area contributed by atoms with Gasteiger partial charge in [-0.05, 0) is 62.1 Å². The van der Waals surface area contributed by atoms with E-state index in [9.17, 15) is 8.78 Å². The molecule has 0 aliphatic heterocycles. The van der Waals surface area contributed by atoms with Crippen LogP contribution in [0.25, 0.3) is 0 Å². The van der Waals surface area contributed by atoms with E-state index in [2.05, 4.69) is 26.1 Å². The van der Waals surface area contributed by atoms with Gasteiger partial charge in [0.15, 0.2) is 0 Å². The topological polar surface area (TPSA) is 12.0 Å². The Hall–Kier alpha value is -0.960. The van der Waals surface area contributed by atoms with E-state index in [1.165, 1.54) is 31.0 Å². The predicted molar refractivity (Wildman–Crippen MR) is 83.1 cm³/mol. The molecule has 1 aliphatic carbocycles. The molecule has 1 aromatic carbocycles. The molecule has 1 saturated carbocycles. The summed E-state index contributed by atoms with van der Waals surface area (Å²) in [6.45, 7) is 8.82. The van der Waals surface area contributed by atoms with Crippen molar-refractivity contribution in [1.82, 2.24) is 5.32 Å². The highest BCUT2D eigenvalue weighted by molar-refractivity contribution is 5.22. The lowest BCUT2D eigenvalue weighted by Gasteiger charge is -2.38. The van der Waals surface area contributed by atoms with Gasteiger partial charge >= 0.3 is 0 Å². The van der Waals surface area contributed by atoms with Gasteiger partial charge in [0.1, 0.15) is 11.6 Å². The van der Waals surface area contributed by atoms with E-state index >= 15 is 0 Å². The zero-order chi connectivity index (χ0) is 15.6. The fourth-order valence-corrected chi connectivity index (χ4v) is 3.42. The smallest absolute Gasteiger partial charge is 0.128 e. The molecule has 1 nitrogen and oxygen atoms in total. The molecule has 0 saturated heterocycles. The van der Waals surface area contributed by atoms with Gasteiger partial charge in [-0.25, -0.2) is 8.78 Å². The molecule has 0 amide bonds. The van der Waals surface area contributed by atoms with E-state index in [-0.39, 0.29) is 17.7 Å². The van der Waals surface area contributed by atoms with E-state index in [1.807, 2.05) is 6.92 Å². The number of nitrogens with one attached hydrogen (secondary N) is 1. The first-order valence-electron chi connectivity index (χ1n) is 7.98. The van der Waals surface area contributed by atoms with Gasteiger partial charge in [-0.15, -0.1) is 0 Å². The highest BCUT2D eigenvalue weighted by atomic mass is 19.1. The quantitative estimate of drug-likeness (QED) is 0.806. The maximum atomic E-state index is 13.8. The maximum absolute atomic E-state index is 13.8. The fraction of sp³-hybridized carbons (Fsp3) is 0.667. The van der Waals surface area contributed by atoms with Gasteiger partial charge in [0.2, 0.25) is 0 Å². The standard InChI is InChI=1S/C18H27F2N/c1-12(16-11-14(19)7-10-17(16)20)21-15-8-5-13(6-9-15)18(2,3)4/h7,10-13,15,21H,5-6,8-9H2,1-4H3. The lowest BCUT2D eigenvalue weighted by atomic mass is 9.71. The lowest BCUT2D eigenvalue weighted by molar-refractivity contribution is 0.156. The molecule has 0 spiro atoms. The van der Waals surface area contributed by atoms with E-state index in [0.717, 1.165) is 18.8 Å². The third-order valence-electron chi connectivity index (χ3n) is 4.86. The van der Waals surface area contributed by atoms with Crippen LogP contribution in [0.5, 0.6) is 0 Å². The van der Waals surface area contributed by atoms with Crippen molar-refractivity contribution in [3.63, 3.8) is 0 Å². The molecule has 1 aliphatic rings. The van der Waals surface area contributed by atoms with E-state index in [0.29, 0.717) is 17.0 Å². The van der Waals surface area contributed by atoms with Crippen molar-refractivity contribution in [2.75, 3.05) is 0 Å². The summed E-state index contributed by atoms with van der Waals surface area (Å²) in [6, 6.07) is 3.92. The van der Waals surface area contributed by atoms with Gasteiger partial charge in [-0.1, -0.05) is 20.8 Å². The number of hydrogen-bond acceptors (Lipinski definition) is 1. The Kier molecular flexibility index (Phi) is 5.03. The highest BCUT2D eigenvalue weighted by Crippen LogP contribution is 2.38. The molecule has 118 valence electrons. The second-order valence-corrected chi connectivity index (χ2v) is 7.47. The van der Waals surface area contributed by atoms with Crippen LogP contribution >= 0.6 is 0 Å². The molecule has 21 heavy (non-hydrogen) atoms. The van der Waals surface area contributed by atoms with Crippen LogP contribution < -0.4 is 5.32 Å². The first-order chi connectivity index (χ1) is 9.77. The zero-order valence-electron chi connectivity index (χ0n) is 13.5. The molecule has 1 fully saturated rings. The molecule has 0 aromatic heterocycles. The average molecular weight is 295 g/mol. The number of benzene rings is 1. The normalized spacial score (nSPS) is 24.9. The summed E-state index contributed by atoms with van der Waals surface area (Å²) < 4.78 is 27.1. The van der Waals surface area contributed by atoms with Gasteiger partial charge in [0.25, 0.3) is 0 Å². The molecule has 1 aromatic rings. The van der Waals surface area contributed by atoms with Gasteiger partial charge in [-0.2, -0.15) is 0 Å². The molecule has 1 N–H and O–H groups in total. The highest BCUT2D eigenvalue weighted by Gasteiger charge is 2.30. The van der Waals surface area contributed by atoms with Crippen LogP contribution in [0.3, 0.4) is 0 Å². The zero-order valence-corrected chi connectivity index (χ0v) is 13.5. The minimum Gasteiger partial charge on any atom is -0.307 e. The lowest BCUT2D eigenvalue weighted by Crippen LogP contribution is -2.37. The van der Waals surface area contributed by atoms with E-state index in [1.54, 1.807) is 0 Å². The summed E-state index contributed by atoms with van der Waals surface area (Å²) in [6.07, 6.45) is 4.64. The second kappa shape index (κ2) is 6.43. The van der Waals surface area contributed by atoms with Gasteiger partial charge in [-0.3, -0.25) is 0 Å². The van der Waals surface area contributed by atoms with Crippen LogP contribution in [0, 0.1) is 23.0 Å². The summed E-state index contributed by atoms with van der Waals surface area (Å²) in [5.41, 5.74) is 0.790. The van der Waals surface area contributed by atoms with Crippen LogP contribution in [-0.2, 0) is 0 Å². The molecule has 0 heterocycles. The summed E-state index contributed by atoms with van der Waals surface area (Å²) in [7, 11) is 0. The second-order valence-electron chi connectivity index (χ2n) is 7.47. The van der Waals surface area contributed by atoms with Crippen LogP contribution in [0.1, 0.15) is 65.0 Å². The summed E-state index contributed by atoms with van der Waals surface area (Å²) >= 11 is 0. The predicted octanol–water partition coefficient (Wildman–Crippen LogP) is 5.22. The van der Waals surface area contributed by atoms with Gasteiger partial charge < -0.3 is 5.32 Å². The molecule has 3 heteroatoms. The van der Waals surface area contributed by atoms with Gasteiger partial charge in [0.05, 0.1) is 0 Å². The van der Waals surface area contributed by atoms with Crippen LogP contribution in [0.4, 0.5) is 8.78 Å².